The smallest absolute Gasteiger partial charge is 0.0190 e. The van der Waals surface area contributed by atoms with Crippen LogP contribution in [0, 0.1) is 6.92 Å². The fourth-order valence-corrected chi connectivity index (χ4v) is 1.32. The predicted molar refractivity (Wildman–Crippen MR) is 56.1 cm³/mol. The van der Waals surface area contributed by atoms with Crippen molar-refractivity contribution in [1.82, 2.24) is 4.90 Å². The average molecular weight is 168 g/mol. The molecule has 71 valence electrons. The highest BCUT2D eigenvalue weighted by Gasteiger charge is 2.01. The first-order valence-electron chi connectivity index (χ1n) is 4.91. The van der Waals surface area contributed by atoms with Crippen LogP contribution in [-0.2, 0) is 0 Å². The van der Waals surface area contributed by atoms with Crippen molar-refractivity contribution in [2.24, 2.45) is 0 Å². The summed E-state index contributed by atoms with van der Waals surface area (Å²) in [7, 11) is 0. The van der Waals surface area contributed by atoms with Crippen LogP contribution >= 0.6 is 0 Å². The Labute approximate surface area is 77.5 Å². The van der Waals surface area contributed by atoms with Gasteiger partial charge in [0.1, 0.15) is 0 Å². The number of nitrogens with zero attached hydrogens (tertiary/aromatic N) is 1. The van der Waals surface area contributed by atoms with Crippen molar-refractivity contribution in [3.05, 3.63) is 18.6 Å². The normalized spacial score (nSPS) is 12.6. The Balaban J connectivity index is 3.77. The number of hydrogen-bond donors (Lipinski definition) is 0. The first-order chi connectivity index (χ1) is 5.74. The molecule has 0 atom stereocenters. The van der Waals surface area contributed by atoms with Gasteiger partial charge in [0.2, 0.25) is 0 Å². The minimum absolute atomic E-state index is 1.09. The van der Waals surface area contributed by atoms with Gasteiger partial charge >= 0.3 is 0 Å². The molecule has 0 rings (SSSR count). The fourth-order valence-electron chi connectivity index (χ4n) is 1.32. The summed E-state index contributed by atoms with van der Waals surface area (Å²) in [4.78, 5) is 2.48. The van der Waals surface area contributed by atoms with Gasteiger partial charge in [-0.05, 0) is 39.8 Å². The SMILES string of the molecule is [CH2]C=C(C)CN(CCC)CCC. The summed E-state index contributed by atoms with van der Waals surface area (Å²) >= 11 is 0. The van der Waals surface area contributed by atoms with E-state index in [1.807, 2.05) is 6.08 Å². The Morgan fingerprint density at radius 2 is 1.75 bits per heavy atom. The maximum absolute atomic E-state index is 3.77. The summed E-state index contributed by atoms with van der Waals surface area (Å²) in [5.41, 5.74) is 1.37. The van der Waals surface area contributed by atoms with Gasteiger partial charge in [-0.1, -0.05) is 25.5 Å². The molecule has 0 saturated heterocycles. The third-order valence-electron chi connectivity index (χ3n) is 1.90. The van der Waals surface area contributed by atoms with Crippen LogP contribution in [-0.4, -0.2) is 24.5 Å². The van der Waals surface area contributed by atoms with Crippen molar-refractivity contribution in [1.29, 1.82) is 0 Å². The van der Waals surface area contributed by atoms with Gasteiger partial charge in [-0.2, -0.15) is 0 Å². The molecule has 1 heteroatoms. The molecule has 0 bridgehead atoms. The summed E-state index contributed by atoms with van der Waals surface area (Å²) in [6.45, 7) is 13.9. The highest BCUT2D eigenvalue weighted by atomic mass is 15.1. The minimum Gasteiger partial charge on any atom is -0.299 e. The maximum Gasteiger partial charge on any atom is 0.0190 e. The molecule has 0 aromatic rings. The third kappa shape index (κ3) is 5.36. The standard InChI is InChI=1S/C11H22N/c1-5-8-12(9-6-2)10-11(4)7-3/h7H,3,5-6,8-10H2,1-2,4H3. The second-order valence-corrected chi connectivity index (χ2v) is 3.33. The fraction of sp³-hybridized carbons (Fsp3) is 0.727. The zero-order valence-corrected chi connectivity index (χ0v) is 8.77. The second-order valence-electron chi connectivity index (χ2n) is 3.33. The molecule has 0 saturated carbocycles. The van der Waals surface area contributed by atoms with Crippen LogP contribution in [0.15, 0.2) is 11.6 Å². The summed E-state index contributed by atoms with van der Waals surface area (Å²) in [6, 6.07) is 0. The molecule has 0 amide bonds. The lowest BCUT2D eigenvalue weighted by molar-refractivity contribution is 0.297. The Hall–Kier alpha value is -0.300. The molecule has 0 spiro atoms. The Kier molecular flexibility index (Phi) is 7.17. The van der Waals surface area contributed by atoms with E-state index in [2.05, 4.69) is 32.6 Å². The Morgan fingerprint density at radius 1 is 1.25 bits per heavy atom. The molecular weight excluding hydrogens is 146 g/mol. The maximum atomic E-state index is 3.77. The first kappa shape index (κ1) is 11.7. The van der Waals surface area contributed by atoms with E-state index in [1.165, 1.54) is 31.5 Å². The molecule has 0 heterocycles. The Morgan fingerprint density at radius 3 is 2.08 bits per heavy atom. The van der Waals surface area contributed by atoms with Gasteiger partial charge in [0, 0.05) is 6.54 Å². The van der Waals surface area contributed by atoms with Crippen molar-refractivity contribution in [2.45, 2.75) is 33.6 Å². The number of hydrogen-bond acceptors (Lipinski definition) is 1. The van der Waals surface area contributed by atoms with Crippen LogP contribution < -0.4 is 0 Å². The van der Waals surface area contributed by atoms with Gasteiger partial charge in [-0.25, -0.2) is 0 Å². The lowest BCUT2D eigenvalue weighted by Gasteiger charge is -2.20. The highest BCUT2D eigenvalue weighted by molar-refractivity contribution is 5.02. The molecule has 0 aliphatic rings. The topological polar surface area (TPSA) is 3.24 Å². The van der Waals surface area contributed by atoms with Crippen molar-refractivity contribution >= 4 is 0 Å². The van der Waals surface area contributed by atoms with E-state index in [1.54, 1.807) is 0 Å². The van der Waals surface area contributed by atoms with Crippen LogP contribution in [0.4, 0.5) is 0 Å². The van der Waals surface area contributed by atoms with Gasteiger partial charge in [-0.15, -0.1) is 0 Å². The monoisotopic (exact) mass is 168 g/mol. The van der Waals surface area contributed by atoms with Crippen LogP contribution in [0.2, 0.25) is 0 Å². The largest absolute Gasteiger partial charge is 0.299 e. The van der Waals surface area contributed by atoms with E-state index in [-0.39, 0.29) is 0 Å². The van der Waals surface area contributed by atoms with Crippen molar-refractivity contribution in [2.75, 3.05) is 19.6 Å². The summed E-state index contributed by atoms with van der Waals surface area (Å²) in [5.74, 6) is 0. The zero-order valence-electron chi connectivity index (χ0n) is 8.77. The molecule has 0 fully saturated rings. The molecule has 12 heavy (non-hydrogen) atoms. The lowest BCUT2D eigenvalue weighted by atomic mass is 10.2. The average Bonchev–Trinajstić information content (AvgIpc) is 2.05. The summed E-state index contributed by atoms with van der Waals surface area (Å²) in [6.07, 6.45) is 4.44. The van der Waals surface area contributed by atoms with E-state index in [4.69, 9.17) is 0 Å². The van der Waals surface area contributed by atoms with Gasteiger partial charge < -0.3 is 0 Å². The molecule has 0 N–H and O–H groups in total. The molecule has 0 unspecified atom stereocenters. The van der Waals surface area contributed by atoms with Crippen LogP contribution in [0.5, 0.6) is 0 Å². The van der Waals surface area contributed by atoms with E-state index >= 15 is 0 Å². The summed E-state index contributed by atoms with van der Waals surface area (Å²) < 4.78 is 0. The van der Waals surface area contributed by atoms with Crippen molar-refractivity contribution in [3.63, 3.8) is 0 Å². The number of allylic oxidation sites excluding steroid dienone is 1. The molecular formula is C11H22N. The number of rotatable bonds is 6. The van der Waals surface area contributed by atoms with E-state index in [9.17, 15) is 0 Å². The van der Waals surface area contributed by atoms with E-state index < -0.39 is 0 Å². The first-order valence-corrected chi connectivity index (χ1v) is 4.91. The molecule has 0 aliphatic heterocycles. The van der Waals surface area contributed by atoms with E-state index in [0.29, 0.717) is 0 Å². The zero-order chi connectivity index (χ0) is 9.40. The molecule has 0 aromatic heterocycles. The van der Waals surface area contributed by atoms with Gasteiger partial charge in [0.25, 0.3) is 0 Å². The molecule has 1 nitrogen and oxygen atoms in total. The van der Waals surface area contributed by atoms with Crippen LogP contribution in [0.1, 0.15) is 33.6 Å². The summed E-state index contributed by atoms with van der Waals surface area (Å²) in [5, 5.41) is 0. The minimum atomic E-state index is 1.09. The highest BCUT2D eigenvalue weighted by Crippen LogP contribution is 2.00. The van der Waals surface area contributed by atoms with Gasteiger partial charge in [0.05, 0.1) is 0 Å². The molecule has 0 aliphatic carbocycles. The lowest BCUT2D eigenvalue weighted by Crippen LogP contribution is -2.27. The Bertz CT molecular complexity index is 121. The van der Waals surface area contributed by atoms with Crippen molar-refractivity contribution < 1.29 is 0 Å². The quantitative estimate of drug-likeness (QED) is 0.589. The van der Waals surface area contributed by atoms with Crippen LogP contribution in [0.3, 0.4) is 0 Å². The molecule has 0 aromatic carbocycles. The van der Waals surface area contributed by atoms with Gasteiger partial charge in [-0.3, -0.25) is 4.90 Å². The third-order valence-corrected chi connectivity index (χ3v) is 1.90. The van der Waals surface area contributed by atoms with E-state index in [0.717, 1.165) is 6.54 Å². The van der Waals surface area contributed by atoms with Crippen LogP contribution in [0.25, 0.3) is 0 Å². The predicted octanol–water partition coefficient (Wildman–Crippen LogP) is 2.89. The molecule has 1 radical (unpaired) electrons. The van der Waals surface area contributed by atoms with Crippen molar-refractivity contribution in [3.8, 4) is 0 Å². The second kappa shape index (κ2) is 7.35. The van der Waals surface area contributed by atoms with Gasteiger partial charge in [0.15, 0.2) is 0 Å².